The van der Waals surface area contributed by atoms with E-state index >= 15 is 0 Å². The van der Waals surface area contributed by atoms with Gasteiger partial charge in [0.05, 0.1) is 5.54 Å². The molecule has 0 heterocycles. The summed E-state index contributed by atoms with van der Waals surface area (Å²) in [6.45, 7) is 1.77. The molecule has 1 aliphatic carbocycles. The summed E-state index contributed by atoms with van der Waals surface area (Å²) in [6, 6.07) is 0. The lowest BCUT2D eigenvalue weighted by molar-refractivity contribution is 0.0968. The molecule has 1 saturated carbocycles. The summed E-state index contributed by atoms with van der Waals surface area (Å²) in [5.74, 6) is 0. The molecule has 0 radical (unpaired) electrons. The fraction of sp³-hybridized carbons (Fsp3) is 1.00. The van der Waals surface area contributed by atoms with E-state index in [0.29, 0.717) is 0 Å². The summed E-state index contributed by atoms with van der Waals surface area (Å²) in [6.07, 6.45) is -2.23. The minimum Gasteiger partial charge on any atom is -0.208 e. The largest absolute Gasteiger partial charge is 0.277 e. The van der Waals surface area contributed by atoms with E-state index in [1.807, 2.05) is 4.72 Å². The topological polar surface area (TPSA) is 58.2 Å². The van der Waals surface area contributed by atoms with Crippen molar-refractivity contribution in [3.8, 4) is 0 Å². The Morgan fingerprint density at radius 3 is 2.31 bits per heavy atom. The van der Waals surface area contributed by atoms with Crippen molar-refractivity contribution in [2.24, 2.45) is 0 Å². The standard InChI is InChI=1S/C6H12F2N2O2S/c1-2-9-13(11,12)10-6(3-4-6)5(7)8/h5,9-10H,2-4H2,1H3. The van der Waals surface area contributed by atoms with Gasteiger partial charge >= 0.3 is 0 Å². The number of rotatable bonds is 5. The number of halogens is 2. The molecule has 0 aromatic carbocycles. The van der Waals surface area contributed by atoms with Crippen LogP contribution in [0.3, 0.4) is 0 Å². The lowest BCUT2D eigenvalue weighted by atomic mass is 10.3. The van der Waals surface area contributed by atoms with Crippen molar-refractivity contribution in [2.45, 2.75) is 31.7 Å². The maximum Gasteiger partial charge on any atom is 0.277 e. The normalized spacial score (nSPS) is 20.6. The van der Waals surface area contributed by atoms with Crippen molar-refractivity contribution in [1.29, 1.82) is 0 Å². The van der Waals surface area contributed by atoms with Crippen LogP contribution in [-0.2, 0) is 10.2 Å². The molecule has 0 amide bonds. The van der Waals surface area contributed by atoms with Crippen molar-refractivity contribution in [3.05, 3.63) is 0 Å². The first-order chi connectivity index (χ1) is 5.92. The van der Waals surface area contributed by atoms with Gasteiger partial charge in [-0.15, -0.1) is 0 Å². The van der Waals surface area contributed by atoms with E-state index in [1.165, 1.54) is 0 Å². The van der Waals surface area contributed by atoms with Gasteiger partial charge in [0.1, 0.15) is 0 Å². The molecule has 1 aliphatic rings. The van der Waals surface area contributed by atoms with Gasteiger partial charge in [-0.25, -0.2) is 13.5 Å². The fourth-order valence-corrected chi connectivity index (χ4v) is 2.27. The summed E-state index contributed by atoms with van der Waals surface area (Å²) in [5, 5.41) is 0. The monoisotopic (exact) mass is 214 g/mol. The van der Waals surface area contributed by atoms with Crippen LogP contribution < -0.4 is 9.44 Å². The van der Waals surface area contributed by atoms with E-state index < -0.39 is 22.2 Å². The second-order valence-electron chi connectivity index (χ2n) is 3.06. The first-order valence-electron chi connectivity index (χ1n) is 3.98. The first-order valence-corrected chi connectivity index (χ1v) is 5.47. The van der Waals surface area contributed by atoms with E-state index in [2.05, 4.69) is 4.72 Å². The Kier molecular flexibility index (Phi) is 2.88. The molecule has 7 heteroatoms. The molecule has 78 valence electrons. The zero-order valence-electron chi connectivity index (χ0n) is 7.18. The van der Waals surface area contributed by atoms with Crippen molar-refractivity contribution in [3.63, 3.8) is 0 Å². The molecule has 0 bridgehead atoms. The van der Waals surface area contributed by atoms with Crippen LogP contribution in [-0.4, -0.2) is 26.9 Å². The van der Waals surface area contributed by atoms with Gasteiger partial charge in [-0.3, -0.25) is 0 Å². The van der Waals surface area contributed by atoms with Crippen molar-refractivity contribution in [1.82, 2.24) is 9.44 Å². The van der Waals surface area contributed by atoms with E-state index in [1.54, 1.807) is 6.92 Å². The molecule has 1 rings (SSSR count). The Balaban J connectivity index is 2.58. The predicted octanol–water partition coefficient (Wildman–Crippen LogP) is 0.228. The van der Waals surface area contributed by atoms with E-state index in [9.17, 15) is 17.2 Å². The molecular weight excluding hydrogens is 202 g/mol. The summed E-state index contributed by atoms with van der Waals surface area (Å²) in [5.41, 5.74) is -1.50. The molecule has 0 saturated heterocycles. The second-order valence-corrected chi connectivity index (χ2v) is 4.56. The van der Waals surface area contributed by atoms with E-state index in [4.69, 9.17) is 0 Å². The van der Waals surface area contributed by atoms with Gasteiger partial charge in [0, 0.05) is 6.54 Å². The third kappa shape index (κ3) is 2.58. The highest BCUT2D eigenvalue weighted by Gasteiger charge is 2.53. The molecule has 0 aromatic rings. The molecule has 0 spiro atoms. The highest BCUT2D eigenvalue weighted by Crippen LogP contribution is 2.41. The van der Waals surface area contributed by atoms with Gasteiger partial charge in [-0.2, -0.15) is 13.1 Å². The third-order valence-corrected chi connectivity index (χ3v) is 3.22. The first kappa shape index (κ1) is 10.8. The smallest absolute Gasteiger partial charge is 0.208 e. The van der Waals surface area contributed by atoms with Gasteiger partial charge < -0.3 is 0 Å². The number of hydrogen-bond acceptors (Lipinski definition) is 2. The maximum atomic E-state index is 12.3. The lowest BCUT2D eigenvalue weighted by Crippen LogP contribution is -2.47. The van der Waals surface area contributed by atoms with Crippen LogP contribution in [0.5, 0.6) is 0 Å². The number of hydrogen-bond donors (Lipinski definition) is 2. The van der Waals surface area contributed by atoms with Gasteiger partial charge in [-0.05, 0) is 12.8 Å². The molecule has 4 nitrogen and oxygen atoms in total. The summed E-state index contributed by atoms with van der Waals surface area (Å²) < 4.78 is 50.7. The highest BCUT2D eigenvalue weighted by molar-refractivity contribution is 7.87. The average molecular weight is 214 g/mol. The maximum absolute atomic E-state index is 12.3. The van der Waals surface area contributed by atoms with E-state index in [-0.39, 0.29) is 19.4 Å². The molecular formula is C6H12F2N2O2S. The highest BCUT2D eigenvalue weighted by atomic mass is 32.2. The van der Waals surface area contributed by atoms with Crippen LogP contribution in [0.4, 0.5) is 8.78 Å². The molecule has 0 aliphatic heterocycles. The predicted molar refractivity (Wildman–Crippen MR) is 43.7 cm³/mol. The Bertz CT molecular complexity index is 274. The molecule has 0 unspecified atom stereocenters. The fourth-order valence-electron chi connectivity index (χ4n) is 0.993. The average Bonchev–Trinajstić information content (AvgIpc) is 2.67. The zero-order valence-corrected chi connectivity index (χ0v) is 8.00. The molecule has 2 N–H and O–H groups in total. The Morgan fingerprint density at radius 1 is 1.46 bits per heavy atom. The zero-order chi connectivity index (χ0) is 10.1. The minimum absolute atomic E-state index is 0.189. The van der Waals surface area contributed by atoms with Gasteiger partial charge in [-0.1, -0.05) is 6.92 Å². The minimum atomic E-state index is -3.75. The Morgan fingerprint density at radius 2 is 2.00 bits per heavy atom. The van der Waals surface area contributed by atoms with Crippen LogP contribution in [0.2, 0.25) is 0 Å². The Labute approximate surface area is 75.9 Å². The van der Waals surface area contributed by atoms with Crippen LogP contribution in [0, 0.1) is 0 Å². The van der Waals surface area contributed by atoms with Gasteiger partial charge in [0.25, 0.3) is 16.6 Å². The van der Waals surface area contributed by atoms with Crippen LogP contribution in [0.1, 0.15) is 19.8 Å². The van der Waals surface area contributed by atoms with Crippen LogP contribution in [0.15, 0.2) is 0 Å². The van der Waals surface area contributed by atoms with E-state index in [0.717, 1.165) is 0 Å². The van der Waals surface area contributed by atoms with Crippen LogP contribution in [0.25, 0.3) is 0 Å². The van der Waals surface area contributed by atoms with Crippen molar-refractivity contribution >= 4 is 10.2 Å². The SMILES string of the molecule is CCNS(=O)(=O)NC1(C(F)F)CC1. The van der Waals surface area contributed by atoms with Gasteiger partial charge in [0.15, 0.2) is 0 Å². The summed E-state index contributed by atoms with van der Waals surface area (Å²) in [7, 11) is -3.75. The quantitative estimate of drug-likeness (QED) is 0.688. The Hall–Kier alpha value is -0.270. The van der Waals surface area contributed by atoms with Crippen molar-refractivity contribution in [2.75, 3.05) is 6.54 Å². The third-order valence-electron chi connectivity index (χ3n) is 1.88. The van der Waals surface area contributed by atoms with Crippen molar-refractivity contribution < 1.29 is 17.2 Å². The second kappa shape index (κ2) is 3.47. The molecule has 0 aromatic heterocycles. The number of nitrogens with one attached hydrogen (secondary N) is 2. The summed E-state index contributed by atoms with van der Waals surface area (Å²) >= 11 is 0. The molecule has 0 atom stereocenters. The van der Waals surface area contributed by atoms with Crippen LogP contribution >= 0.6 is 0 Å². The lowest BCUT2D eigenvalue weighted by Gasteiger charge is -2.15. The number of alkyl halides is 2. The summed E-state index contributed by atoms with van der Waals surface area (Å²) in [4.78, 5) is 0. The molecule has 1 fully saturated rings. The molecule has 13 heavy (non-hydrogen) atoms. The van der Waals surface area contributed by atoms with Gasteiger partial charge in [0.2, 0.25) is 0 Å².